The number of carbonyl (C=O) groups is 1. The van der Waals surface area contributed by atoms with Crippen molar-refractivity contribution in [2.24, 2.45) is 0 Å². The molecule has 0 fully saturated rings. The summed E-state index contributed by atoms with van der Waals surface area (Å²) in [4.78, 5) is 16.7. The van der Waals surface area contributed by atoms with Crippen LogP contribution in [0.5, 0.6) is 11.5 Å². The zero-order chi connectivity index (χ0) is 19.9. The summed E-state index contributed by atoms with van der Waals surface area (Å²) >= 11 is 0. The zero-order valence-electron chi connectivity index (χ0n) is 16.2. The van der Waals surface area contributed by atoms with Gasteiger partial charge in [-0.3, -0.25) is 4.79 Å². The van der Waals surface area contributed by atoms with E-state index < -0.39 is 0 Å². The number of benzene rings is 2. The molecule has 3 aromatic rings. The highest BCUT2D eigenvalue weighted by Gasteiger charge is 2.11. The lowest BCUT2D eigenvalue weighted by atomic mass is 10.1. The first-order valence-corrected chi connectivity index (χ1v) is 8.88. The number of nitrogens with one attached hydrogen (secondary N) is 2. The van der Waals surface area contributed by atoms with Crippen LogP contribution in [0.15, 0.2) is 60.8 Å². The summed E-state index contributed by atoms with van der Waals surface area (Å²) in [7, 11) is 3.08. The van der Waals surface area contributed by atoms with E-state index in [0.29, 0.717) is 29.4 Å². The van der Waals surface area contributed by atoms with Crippen molar-refractivity contribution in [3.63, 3.8) is 0 Å². The molecule has 6 heteroatoms. The van der Waals surface area contributed by atoms with Crippen LogP contribution in [-0.4, -0.2) is 25.1 Å². The van der Waals surface area contributed by atoms with Crippen LogP contribution in [0.3, 0.4) is 0 Å². The molecule has 0 aliphatic carbocycles. The third-order valence-corrected chi connectivity index (χ3v) is 4.23. The van der Waals surface area contributed by atoms with Crippen LogP contribution in [0.4, 0.5) is 11.5 Å². The van der Waals surface area contributed by atoms with E-state index >= 15 is 0 Å². The fourth-order valence-electron chi connectivity index (χ4n) is 2.76. The van der Waals surface area contributed by atoms with Gasteiger partial charge in [0.15, 0.2) is 11.5 Å². The van der Waals surface area contributed by atoms with Gasteiger partial charge in [-0.25, -0.2) is 4.98 Å². The summed E-state index contributed by atoms with van der Waals surface area (Å²) in [5.74, 6) is 1.27. The Morgan fingerprint density at radius 1 is 1.00 bits per heavy atom. The molecular formula is C22H23N3O3. The molecule has 3 rings (SSSR count). The van der Waals surface area contributed by atoms with Crippen molar-refractivity contribution in [2.75, 3.05) is 24.9 Å². The topological polar surface area (TPSA) is 72.5 Å². The van der Waals surface area contributed by atoms with Gasteiger partial charge in [-0.05, 0) is 42.8 Å². The highest BCUT2D eigenvalue weighted by atomic mass is 16.5. The van der Waals surface area contributed by atoms with E-state index in [1.165, 1.54) is 18.2 Å². The van der Waals surface area contributed by atoms with Gasteiger partial charge in [0.05, 0.1) is 26.1 Å². The molecule has 0 saturated heterocycles. The fourth-order valence-corrected chi connectivity index (χ4v) is 2.76. The maximum atomic E-state index is 12.4. The van der Waals surface area contributed by atoms with Gasteiger partial charge in [-0.1, -0.05) is 29.8 Å². The van der Waals surface area contributed by atoms with E-state index in [-0.39, 0.29) is 5.91 Å². The van der Waals surface area contributed by atoms with Gasteiger partial charge in [-0.15, -0.1) is 0 Å². The molecule has 2 N–H and O–H groups in total. The van der Waals surface area contributed by atoms with Crippen molar-refractivity contribution in [3.8, 4) is 11.5 Å². The third kappa shape index (κ3) is 4.79. The number of hydrogen-bond donors (Lipinski definition) is 2. The summed E-state index contributed by atoms with van der Waals surface area (Å²) in [5.41, 5.74) is 3.77. The SMILES string of the molecule is COc1ccc(C(=O)Nc2ccc(NCc3cccc(C)c3)cn2)cc1OC. The Bertz CT molecular complexity index is 955. The third-order valence-electron chi connectivity index (χ3n) is 4.23. The monoisotopic (exact) mass is 377 g/mol. The number of nitrogens with zero attached hydrogens (tertiary/aromatic N) is 1. The Morgan fingerprint density at radius 3 is 2.50 bits per heavy atom. The van der Waals surface area contributed by atoms with Crippen LogP contribution < -0.4 is 20.1 Å². The average molecular weight is 377 g/mol. The number of hydrogen-bond acceptors (Lipinski definition) is 5. The van der Waals surface area contributed by atoms with Gasteiger partial charge in [0.25, 0.3) is 5.91 Å². The first-order valence-electron chi connectivity index (χ1n) is 8.88. The Kier molecular flexibility index (Phi) is 6.11. The van der Waals surface area contributed by atoms with Crippen LogP contribution in [-0.2, 0) is 6.54 Å². The fraction of sp³-hybridized carbons (Fsp3) is 0.182. The lowest BCUT2D eigenvalue weighted by molar-refractivity contribution is 0.102. The second-order valence-corrected chi connectivity index (χ2v) is 6.30. The van der Waals surface area contributed by atoms with Gasteiger partial charge in [-0.2, -0.15) is 0 Å². The minimum absolute atomic E-state index is 0.270. The molecule has 2 aromatic carbocycles. The molecule has 0 saturated carbocycles. The smallest absolute Gasteiger partial charge is 0.256 e. The molecule has 0 unspecified atom stereocenters. The molecule has 144 valence electrons. The number of ether oxygens (including phenoxy) is 2. The van der Waals surface area contributed by atoms with Gasteiger partial charge in [0.2, 0.25) is 0 Å². The number of anilines is 2. The molecule has 0 spiro atoms. The largest absolute Gasteiger partial charge is 0.493 e. The van der Waals surface area contributed by atoms with Crippen molar-refractivity contribution < 1.29 is 14.3 Å². The number of pyridine rings is 1. The molecule has 0 aliphatic heterocycles. The average Bonchev–Trinajstić information content (AvgIpc) is 2.72. The van der Waals surface area contributed by atoms with Crippen LogP contribution in [0.2, 0.25) is 0 Å². The van der Waals surface area contributed by atoms with E-state index in [1.807, 2.05) is 12.1 Å². The lowest BCUT2D eigenvalue weighted by Crippen LogP contribution is -2.13. The second-order valence-electron chi connectivity index (χ2n) is 6.30. The summed E-state index contributed by atoms with van der Waals surface area (Å²) in [6.45, 7) is 2.78. The van der Waals surface area contributed by atoms with E-state index in [0.717, 1.165) is 5.69 Å². The Morgan fingerprint density at radius 2 is 1.82 bits per heavy atom. The van der Waals surface area contributed by atoms with E-state index in [2.05, 4.69) is 40.7 Å². The minimum atomic E-state index is -0.270. The molecule has 1 heterocycles. The van der Waals surface area contributed by atoms with E-state index in [1.54, 1.807) is 37.6 Å². The molecule has 0 atom stereocenters. The first kappa shape index (κ1) is 19.2. The molecule has 0 bridgehead atoms. The van der Waals surface area contributed by atoms with Crippen LogP contribution in [0, 0.1) is 6.92 Å². The molecule has 0 radical (unpaired) electrons. The van der Waals surface area contributed by atoms with E-state index in [9.17, 15) is 4.79 Å². The van der Waals surface area contributed by atoms with Crippen molar-refractivity contribution in [1.29, 1.82) is 0 Å². The predicted molar refractivity (Wildman–Crippen MR) is 110 cm³/mol. The van der Waals surface area contributed by atoms with E-state index in [4.69, 9.17) is 9.47 Å². The van der Waals surface area contributed by atoms with Crippen molar-refractivity contribution in [2.45, 2.75) is 13.5 Å². The summed E-state index contributed by atoms with van der Waals surface area (Å²) in [6.07, 6.45) is 1.69. The lowest BCUT2D eigenvalue weighted by Gasteiger charge is -2.10. The van der Waals surface area contributed by atoms with Gasteiger partial charge < -0.3 is 20.1 Å². The van der Waals surface area contributed by atoms with Gasteiger partial charge >= 0.3 is 0 Å². The summed E-state index contributed by atoms with van der Waals surface area (Å²) in [5, 5.41) is 6.10. The van der Waals surface area contributed by atoms with Crippen LogP contribution in [0.1, 0.15) is 21.5 Å². The van der Waals surface area contributed by atoms with Gasteiger partial charge in [0, 0.05) is 12.1 Å². The summed E-state index contributed by atoms with van der Waals surface area (Å²) < 4.78 is 10.4. The Labute approximate surface area is 164 Å². The molecule has 1 aromatic heterocycles. The van der Waals surface area contributed by atoms with Gasteiger partial charge in [0.1, 0.15) is 5.82 Å². The van der Waals surface area contributed by atoms with Crippen molar-refractivity contribution in [1.82, 2.24) is 4.98 Å². The normalized spacial score (nSPS) is 10.2. The maximum absolute atomic E-state index is 12.4. The number of methoxy groups -OCH3 is 2. The quantitative estimate of drug-likeness (QED) is 0.643. The number of aryl methyl sites for hydroxylation is 1. The standard InChI is InChI=1S/C22H23N3O3/c1-15-5-4-6-16(11-15)13-23-18-8-10-21(24-14-18)25-22(26)17-7-9-19(27-2)20(12-17)28-3/h4-12,14,23H,13H2,1-3H3,(H,24,25,26). The maximum Gasteiger partial charge on any atom is 0.256 e. The van der Waals surface area contributed by atoms with Crippen molar-refractivity contribution >= 4 is 17.4 Å². The number of aromatic nitrogens is 1. The van der Waals surface area contributed by atoms with Crippen molar-refractivity contribution in [3.05, 3.63) is 77.5 Å². The van der Waals surface area contributed by atoms with Crippen LogP contribution >= 0.6 is 0 Å². The molecular weight excluding hydrogens is 354 g/mol. The Hall–Kier alpha value is -3.54. The second kappa shape index (κ2) is 8.90. The van der Waals surface area contributed by atoms with Crippen LogP contribution in [0.25, 0.3) is 0 Å². The molecule has 1 amide bonds. The predicted octanol–water partition coefficient (Wildman–Crippen LogP) is 4.27. The highest BCUT2D eigenvalue weighted by molar-refractivity contribution is 6.04. The number of amides is 1. The number of rotatable bonds is 7. The molecule has 28 heavy (non-hydrogen) atoms. The highest BCUT2D eigenvalue weighted by Crippen LogP contribution is 2.27. The zero-order valence-corrected chi connectivity index (χ0v) is 16.2. The molecule has 6 nitrogen and oxygen atoms in total. The first-order chi connectivity index (χ1) is 13.6. The Balaban J connectivity index is 1.61. The number of carbonyl (C=O) groups excluding carboxylic acids is 1. The molecule has 0 aliphatic rings. The summed E-state index contributed by atoms with van der Waals surface area (Å²) in [6, 6.07) is 17.0. The minimum Gasteiger partial charge on any atom is -0.493 e.